The van der Waals surface area contributed by atoms with Crippen LogP contribution in [0, 0.1) is 12.8 Å². The van der Waals surface area contributed by atoms with Crippen LogP contribution in [-0.4, -0.2) is 60.4 Å². The van der Waals surface area contributed by atoms with E-state index in [1.165, 1.54) is 25.3 Å². The van der Waals surface area contributed by atoms with Crippen LogP contribution in [0.1, 0.15) is 44.2 Å². The van der Waals surface area contributed by atoms with Crippen molar-refractivity contribution in [2.45, 2.75) is 58.5 Å². The highest BCUT2D eigenvalue weighted by Gasteiger charge is 2.28. The first kappa shape index (κ1) is 34.3. The monoisotopic (exact) mass is 622 g/mol. The number of amides is 4. The van der Waals surface area contributed by atoms with Gasteiger partial charge in [0, 0.05) is 30.0 Å². The van der Waals surface area contributed by atoms with E-state index in [1.807, 2.05) is 13.8 Å². The number of fused-ring (bicyclic) bond motifs is 1. The number of carbonyl (C=O) groups excluding carboxylic acids is 5. The van der Waals surface area contributed by atoms with Gasteiger partial charge >= 0.3 is 11.6 Å². The van der Waals surface area contributed by atoms with Crippen LogP contribution in [0.2, 0.25) is 0 Å². The minimum atomic E-state index is -1.09. The first-order valence-electron chi connectivity index (χ1n) is 14.4. The van der Waals surface area contributed by atoms with E-state index in [0.717, 1.165) is 0 Å². The molecular weight excluding hydrogens is 584 g/mol. The molecule has 0 spiro atoms. The molecule has 2 aromatic carbocycles. The summed E-state index contributed by atoms with van der Waals surface area (Å²) in [4.78, 5) is 74.6. The summed E-state index contributed by atoms with van der Waals surface area (Å²) in [6.07, 6.45) is 0.0195. The predicted octanol–water partition coefficient (Wildman–Crippen LogP) is 2.07. The lowest BCUT2D eigenvalue weighted by atomic mass is 10.0. The van der Waals surface area contributed by atoms with Crippen molar-refractivity contribution >= 4 is 46.3 Å². The van der Waals surface area contributed by atoms with E-state index < -0.39 is 53.9 Å². The SMILES string of the molecule is COC(=O)CCC(=O)NCC(=O)N[C@@H](CC(C)C)C(=O)N[C@@H](Cc1ccc(O)cc1)C(=O)Nc1ccc2oc(=O)cc(C)c2c1. The van der Waals surface area contributed by atoms with E-state index in [0.29, 0.717) is 27.8 Å². The van der Waals surface area contributed by atoms with E-state index in [2.05, 4.69) is 26.0 Å². The Hall–Kier alpha value is -5.20. The second-order valence-corrected chi connectivity index (χ2v) is 11.0. The molecule has 0 bridgehead atoms. The fourth-order valence-corrected chi connectivity index (χ4v) is 4.51. The molecule has 5 N–H and O–H groups in total. The third kappa shape index (κ3) is 10.8. The summed E-state index contributed by atoms with van der Waals surface area (Å²) in [5, 5.41) is 20.9. The van der Waals surface area contributed by atoms with Gasteiger partial charge in [-0.05, 0) is 60.7 Å². The summed E-state index contributed by atoms with van der Waals surface area (Å²) in [7, 11) is 1.21. The standard InChI is InChI=1S/C32H38N4O9/c1-18(2)13-24(35-28(39)17-33-27(38)11-12-29(40)44-4)32(43)36-25(15-20-5-8-22(37)9-6-20)31(42)34-21-7-10-26-23(16-21)19(3)14-30(41)45-26/h5-10,14,16,18,24-25,37H,11-13,15,17H2,1-4H3,(H,33,38)(H,34,42)(H,35,39)(H,36,43)/t24-,25-/m0/s1. The molecule has 0 aliphatic heterocycles. The van der Waals surface area contributed by atoms with E-state index in [-0.39, 0.29) is 37.4 Å². The Morgan fingerprint density at radius 1 is 0.889 bits per heavy atom. The molecule has 0 saturated heterocycles. The number of anilines is 1. The summed E-state index contributed by atoms with van der Waals surface area (Å²) in [6.45, 7) is 5.06. The van der Waals surface area contributed by atoms with Crippen molar-refractivity contribution in [1.82, 2.24) is 16.0 Å². The average Bonchev–Trinajstić information content (AvgIpc) is 2.99. The lowest BCUT2D eigenvalue weighted by molar-refractivity contribution is -0.142. The summed E-state index contributed by atoms with van der Waals surface area (Å²) in [6, 6.07) is 10.2. The van der Waals surface area contributed by atoms with Crippen LogP contribution in [0.4, 0.5) is 5.69 Å². The predicted molar refractivity (Wildman–Crippen MR) is 165 cm³/mol. The summed E-state index contributed by atoms with van der Waals surface area (Å²) in [5.41, 5.74) is 1.60. The molecule has 1 heterocycles. The van der Waals surface area contributed by atoms with Crippen molar-refractivity contribution in [3.8, 4) is 5.75 Å². The maximum Gasteiger partial charge on any atom is 0.336 e. The fourth-order valence-electron chi connectivity index (χ4n) is 4.51. The molecule has 0 unspecified atom stereocenters. The highest BCUT2D eigenvalue weighted by atomic mass is 16.5. The van der Waals surface area contributed by atoms with E-state index in [1.54, 1.807) is 37.3 Å². The molecule has 3 aromatic rings. The normalized spacial score (nSPS) is 12.2. The van der Waals surface area contributed by atoms with Crippen molar-refractivity contribution in [1.29, 1.82) is 0 Å². The number of hydrogen-bond acceptors (Lipinski definition) is 9. The van der Waals surface area contributed by atoms with Gasteiger partial charge in [0.05, 0.1) is 20.1 Å². The number of nitrogens with one attached hydrogen (secondary N) is 4. The first-order chi connectivity index (χ1) is 21.3. The molecular formula is C32H38N4O9. The zero-order valence-electron chi connectivity index (χ0n) is 25.6. The maximum atomic E-state index is 13.6. The quantitative estimate of drug-likeness (QED) is 0.132. The highest BCUT2D eigenvalue weighted by Crippen LogP contribution is 2.21. The van der Waals surface area contributed by atoms with Crippen LogP contribution in [0.25, 0.3) is 11.0 Å². The minimum Gasteiger partial charge on any atom is -0.508 e. The van der Waals surface area contributed by atoms with Gasteiger partial charge in [-0.25, -0.2) is 4.79 Å². The third-order valence-electron chi connectivity index (χ3n) is 6.81. The Kier molecular flexibility index (Phi) is 12.2. The Bertz CT molecular complexity index is 1600. The molecule has 45 heavy (non-hydrogen) atoms. The second-order valence-electron chi connectivity index (χ2n) is 11.0. The zero-order valence-corrected chi connectivity index (χ0v) is 25.6. The van der Waals surface area contributed by atoms with Gasteiger partial charge in [0.2, 0.25) is 23.6 Å². The smallest absolute Gasteiger partial charge is 0.336 e. The Labute approximate surface area is 259 Å². The van der Waals surface area contributed by atoms with E-state index in [4.69, 9.17) is 4.42 Å². The molecule has 0 radical (unpaired) electrons. The fraction of sp³-hybridized carbons (Fsp3) is 0.375. The molecule has 0 aliphatic carbocycles. The maximum absolute atomic E-state index is 13.6. The topological polar surface area (TPSA) is 193 Å². The highest BCUT2D eigenvalue weighted by molar-refractivity contribution is 6.00. The number of carbonyl (C=O) groups is 5. The van der Waals surface area contributed by atoms with Crippen LogP contribution in [0.15, 0.2) is 57.7 Å². The van der Waals surface area contributed by atoms with Crippen LogP contribution in [0.5, 0.6) is 5.75 Å². The Morgan fingerprint density at radius 2 is 1.60 bits per heavy atom. The number of phenols is 1. The van der Waals surface area contributed by atoms with Gasteiger partial charge in [0.25, 0.3) is 0 Å². The molecule has 0 saturated carbocycles. The van der Waals surface area contributed by atoms with Crippen LogP contribution < -0.4 is 26.9 Å². The van der Waals surface area contributed by atoms with Crippen LogP contribution in [-0.2, 0) is 35.1 Å². The lowest BCUT2D eigenvalue weighted by Crippen LogP contribution is -2.54. The Morgan fingerprint density at radius 3 is 2.27 bits per heavy atom. The van der Waals surface area contributed by atoms with E-state index in [9.17, 15) is 33.9 Å². The number of benzene rings is 2. The van der Waals surface area contributed by atoms with Crippen molar-refractivity contribution in [3.05, 3.63) is 70.1 Å². The van der Waals surface area contributed by atoms with Gasteiger partial charge in [0.15, 0.2) is 0 Å². The second kappa shape index (κ2) is 16.0. The van der Waals surface area contributed by atoms with Crippen LogP contribution in [0.3, 0.4) is 0 Å². The van der Waals surface area contributed by atoms with Gasteiger partial charge < -0.3 is 35.5 Å². The number of methoxy groups -OCH3 is 1. The first-order valence-corrected chi connectivity index (χ1v) is 14.4. The third-order valence-corrected chi connectivity index (χ3v) is 6.81. The molecule has 1 aromatic heterocycles. The molecule has 2 atom stereocenters. The Balaban J connectivity index is 1.75. The number of aryl methyl sites for hydroxylation is 1. The minimum absolute atomic E-state index is 0.0130. The molecule has 13 heteroatoms. The van der Waals surface area contributed by atoms with Crippen molar-refractivity contribution < 1.29 is 38.2 Å². The number of rotatable bonds is 14. The molecule has 0 aliphatic rings. The van der Waals surface area contributed by atoms with E-state index >= 15 is 0 Å². The summed E-state index contributed by atoms with van der Waals surface area (Å²) in [5.74, 6) is -2.84. The summed E-state index contributed by atoms with van der Waals surface area (Å²) < 4.78 is 9.71. The van der Waals surface area contributed by atoms with Crippen molar-refractivity contribution in [2.75, 3.05) is 19.0 Å². The van der Waals surface area contributed by atoms with Gasteiger partial charge in [0.1, 0.15) is 23.4 Å². The zero-order chi connectivity index (χ0) is 33.1. The number of hydrogen-bond donors (Lipinski definition) is 5. The van der Waals surface area contributed by atoms with Gasteiger partial charge in [-0.15, -0.1) is 0 Å². The number of phenolic OH excluding ortho intramolecular Hbond substituents is 1. The van der Waals surface area contributed by atoms with Crippen molar-refractivity contribution in [2.24, 2.45) is 5.92 Å². The largest absolute Gasteiger partial charge is 0.508 e. The number of esters is 1. The van der Waals surface area contributed by atoms with Gasteiger partial charge in [-0.2, -0.15) is 0 Å². The van der Waals surface area contributed by atoms with Crippen molar-refractivity contribution in [3.63, 3.8) is 0 Å². The molecule has 240 valence electrons. The van der Waals surface area contributed by atoms with Gasteiger partial charge in [-0.3, -0.25) is 24.0 Å². The molecule has 4 amide bonds. The van der Waals surface area contributed by atoms with Gasteiger partial charge in [-0.1, -0.05) is 26.0 Å². The molecule has 3 rings (SSSR count). The number of aromatic hydroxyl groups is 1. The van der Waals surface area contributed by atoms with Crippen LogP contribution >= 0.6 is 0 Å². The average molecular weight is 623 g/mol. The molecule has 0 fully saturated rings. The summed E-state index contributed by atoms with van der Waals surface area (Å²) >= 11 is 0. The lowest BCUT2D eigenvalue weighted by Gasteiger charge is -2.24. The molecule has 13 nitrogen and oxygen atoms in total. The number of ether oxygens (including phenoxy) is 1.